The third-order valence-corrected chi connectivity index (χ3v) is 2.40. The molecule has 0 spiro atoms. The van der Waals surface area contributed by atoms with Crippen molar-refractivity contribution in [1.29, 1.82) is 0 Å². The summed E-state index contributed by atoms with van der Waals surface area (Å²) in [6.07, 6.45) is 3.15. The van der Waals surface area contributed by atoms with Crippen LogP contribution < -0.4 is 5.56 Å². The van der Waals surface area contributed by atoms with Gasteiger partial charge in [0.05, 0.1) is 16.5 Å². The lowest BCUT2D eigenvalue weighted by Gasteiger charge is -2.07. The Hall–Kier alpha value is -1.84. The van der Waals surface area contributed by atoms with Gasteiger partial charge in [-0.2, -0.15) is 0 Å². The maximum absolute atomic E-state index is 11.6. The first-order chi connectivity index (χ1) is 6.63. The van der Waals surface area contributed by atoms with Crippen molar-refractivity contribution < 1.29 is 5.11 Å². The van der Waals surface area contributed by atoms with Gasteiger partial charge in [-0.1, -0.05) is 0 Å². The molecule has 0 radical (unpaired) electrons. The van der Waals surface area contributed by atoms with Crippen molar-refractivity contribution in [3.05, 3.63) is 34.4 Å². The molecule has 0 unspecified atom stereocenters. The van der Waals surface area contributed by atoms with Gasteiger partial charge in [-0.3, -0.25) is 9.78 Å². The summed E-state index contributed by atoms with van der Waals surface area (Å²) >= 11 is 0. The Morgan fingerprint density at radius 1 is 1.50 bits per heavy atom. The Kier molecular flexibility index (Phi) is 1.77. The van der Waals surface area contributed by atoms with E-state index in [9.17, 15) is 9.90 Å². The van der Waals surface area contributed by atoms with Gasteiger partial charge in [-0.05, 0) is 13.0 Å². The van der Waals surface area contributed by atoms with Gasteiger partial charge >= 0.3 is 0 Å². The van der Waals surface area contributed by atoms with Crippen molar-refractivity contribution >= 4 is 10.9 Å². The summed E-state index contributed by atoms with van der Waals surface area (Å²) in [6, 6.07) is 1.70. The molecule has 2 heterocycles. The zero-order valence-electron chi connectivity index (χ0n) is 7.98. The summed E-state index contributed by atoms with van der Waals surface area (Å²) in [5.41, 5.74) is 0.863. The summed E-state index contributed by atoms with van der Waals surface area (Å²) in [4.78, 5) is 15.5. The van der Waals surface area contributed by atoms with Crippen LogP contribution in [0.5, 0.6) is 5.75 Å². The molecule has 0 amide bonds. The Morgan fingerprint density at radius 2 is 2.21 bits per heavy atom. The number of aromatic nitrogens is 2. The molecule has 14 heavy (non-hydrogen) atoms. The largest absolute Gasteiger partial charge is 0.507 e. The summed E-state index contributed by atoms with van der Waals surface area (Å²) in [5, 5.41) is 10.3. The molecule has 72 valence electrons. The quantitative estimate of drug-likeness (QED) is 0.672. The van der Waals surface area contributed by atoms with Gasteiger partial charge in [-0.25, -0.2) is 0 Å². The van der Waals surface area contributed by atoms with E-state index in [1.807, 2.05) is 0 Å². The maximum Gasteiger partial charge on any atom is 0.257 e. The number of aryl methyl sites for hydroxylation is 1. The number of rotatable bonds is 0. The summed E-state index contributed by atoms with van der Waals surface area (Å²) in [7, 11) is 1.68. The van der Waals surface area contributed by atoms with Crippen molar-refractivity contribution in [2.24, 2.45) is 7.05 Å². The molecule has 2 aromatic heterocycles. The number of nitrogens with zero attached hydrogens (tertiary/aromatic N) is 2. The highest BCUT2D eigenvalue weighted by Crippen LogP contribution is 2.23. The van der Waals surface area contributed by atoms with Crippen LogP contribution in [-0.2, 0) is 7.05 Å². The van der Waals surface area contributed by atoms with Crippen molar-refractivity contribution in [3.63, 3.8) is 0 Å². The molecule has 4 heteroatoms. The predicted octanol–water partition coefficient (Wildman–Crippen LogP) is 0.948. The van der Waals surface area contributed by atoms with Gasteiger partial charge in [0.1, 0.15) is 5.75 Å². The number of hydrogen-bond acceptors (Lipinski definition) is 3. The number of aromatic hydroxyl groups is 1. The first-order valence-corrected chi connectivity index (χ1v) is 4.25. The van der Waals surface area contributed by atoms with Crippen molar-refractivity contribution in [3.8, 4) is 5.75 Å². The van der Waals surface area contributed by atoms with Crippen molar-refractivity contribution in [1.82, 2.24) is 9.55 Å². The van der Waals surface area contributed by atoms with Crippen LogP contribution in [0.4, 0.5) is 0 Å². The molecular formula is C10H10N2O2. The number of fused-ring (bicyclic) bond motifs is 1. The van der Waals surface area contributed by atoms with Crippen molar-refractivity contribution in [2.75, 3.05) is 0 Å². The third-order valence-electron chi connectivity index (χ3n) is 2.40. The second-order valence-corrected chi connectivity index (χ2v) is 3.23. The molecule has 0 fully saturated rings. The van der Waals surface area contributed by atoms with Gasteiger partial charge in [0.2, 0.25) is 0 Å². The van der Waals surface area contributed by atoms with Crippen LogP contribution in [0.2, 0.25) is 0 Å². The molecule has 0 bridgehead atoms. The molecule has 2 aromatic rings. The molecule has 1 N–H and O–H groups in total. The molecule has 0 aromatic carbocycles. The zero-order valence-corrected chi connectivity index (χ0v) is 7.98. The average molecular weight is 190 g/mol. The van der Waals surface area contributed by atoms with E-state index in [2.05, 4.69) is 4.98 Å². The van der Waals surface area contributed by atoms with Crippen LogP contribution in [0.25, 0.3) is 10.9 Å². The maximum atomic E-state index is 11.6. The highest BCUT2D eigenvalue weighted by atomic mass is 16.3. The highest BCUT2D eigenvalue weighted by Gasteiger charge is 2.09. The van der Waals surface area contributed by atoms with Crippen LogP contribution in [0.15, 0.2) is 23.3 Å². The van der Waals surface area contributed by atoms with Crippen LogP contribution in [-0.4, -0.2) is 14.7 Å². The van der Waals surface area contributed by atoms with E-state index < -0.39 is 0 Å². The fourth-order valence-corrected chi connectivity index (χ4v) is 1.53. The van der Waals surface area contributed by atoms with Gasteiger partial charge in [0.25, 0.3) is 5.56 Å². The Morgan fingerprint density at radius 3 is 2.93 bits per heavy atom. The molecule has 0 saturated carbocycles. The van der Waals surface area contributed by atoms with Gasteiger partial charge in [-0.15, -0.1) is 0 Å². The summed E-state index contributed by atoms with van der Waals surface area (Å²) in [6.45, 7) is 1.60. The van der Waals surface area contributed by atoms with Gasteiger partial charge in [0.15, 0.2) is 0 Å². The molecular weight excluding hydrogens is 180 g/mol. The fourth-order valence-electron chi connectivity index (χ4n) is 1.53. The molecule has 0 atom stereocenters. The number of pyridine rings is 2. The second-order valence-electron chi connectivity index (χ2n) is 3.23. The van der Waals surface area contributed by atoms with E-state index in [4.69, 9.17) is 0 Å². The van der Waals surface area contributed by atoms with Crippen LogP contribution in [0, 0.1) is 6.92 Å². The minimum Gasteiger partial charge on any atom is -0.507 e. The molecule has 0 saturated heterocycles. The normalized spacial score (nSPS) is 10.7. The zero-order chi connectivity index (χ0) is 10.3. The highest BCUT2D eigenvalue weighted by molar-refractivity contribution is 5.85. The van der Waals surface area contributed by atoms with Crippen molar-refractivity contribution in [2.45, 2.75) is 6.92 Å². The molecule has 4 nitrogen and oxygen atoms in total. The first-order valence-electron chi connectivity index (χ1n) is 4.25. The Balaban J connectivity index is 3.10. The second kappa shape index (κ2) is 2.83. The van der Waals surface area contributed by atoms with E-state index in [0.29, 0.717) is 16.5 Å². The minimum atomic E-state index is -0.179. The van der Waals surface area contributed by atoms with Crippen LogP contribution in [0.1, 0.15) is 5.56 Å². The van der Waals surface area contributed by atoms with E-state index in [-0.39, 0.29) is 11.3 Å². The van der Waals surface area contributed by atoms with E-state index >= 15 is 0 Å². The lowest BCUT2D eigenvalue weighted by atomic mass is 10.2. The lowest BCUT2D eigenvalue weighted by molar-refractivity contribution is 0.474. The number of hydrogen-bond donors (Lipinski definition) is 1. The van der Waals surface area contributed by atoms with Gasteiger partial charge < -0.3 is 9.67 Å². The summed E-state index contributed by atoms with van der Waals surface area (Å²) < 4.78 is 1.51. The monoisotopic (exact) mass is 190 g/mol. The van der Waals surface area contributed by atoms with E-state index in [0.717, 1.165) is 0 Å². The SMILES string of the molecule is Cc1c(O)c2cnccc2n(C)c1=O. The minimum absolute atomic E-state index is 0.0243. The standard InChI is InChI=1S/C10H10N2O2/c1-6-9(13)7-5-11-4-3-8(7)12(2)10(6)14/h3-5,13H,1-2H3. The molecule has 0 aliphatic heterocycles. The average Bonchev–Trinajstić information content (AvgIpc) is 2.23. The first kappa shape index (κ1) is 8.74. The smallest absolute Gasteiger partial charge is 0.257 e. The molecule has 0 aliphatic carbocycles. The molecule has 2 rings (SSSR count). The van der Waals surface area contributed by atoms with Crippen LogP contribution in [0.3, 0.4) is 0 Å². The molecule has 0 aliphatic rings. The van der Waals surface area contributed by atoms with E-state index in [1.165, 1.54) is 4.57 Å². The van der Waals surface area contributed by atoms with Gasteiger partial charge in [0, 0.05) is 19.4 Å². The predicted molar refractivity (Wildman–Crippen MR) is 53.4 cm³/mol. The summed E-state index contributed by atoms with van der Waals surface area (Å²) in [5.74, 6) is 0.0243. The Labute approximate surface area is 80.4 Å². The van der Waals surface area contributed by atoms with E-state index in [1.54, 1.807) is 32.4 Å². The topological polar surface area (TPSA) is 55.1 Å². The fraction of sp³-hybridized carbons (Fsp3) is 0.200. The third kappa shape index (κ3) is 1.00. The Bertz CT molecular complexity index is 558. The lowest BCUT2D eigenvalue weighted by Crippen LogP contribution is -2.19. The van der Waals surface area contributed by atoms with Crippen LogP contribution >= 0.6 is 0 Å².